The van der Waals surface area contributed by atoms with Gasteiger partial charge in [-0.15, -0.1) is 5.10 Å². The average Bonchev–Trinajstić information content (AvgIpc) is 3.16. The maximum atomic E-state index is 11.5. The number of benzene rings is 1. The standard InChI is InChI=1S/C22H19ClN6O3/c1-13(26-22-27-19-12-15(31-2)7-9-29(19)28-22)10-14-5-6-18(17(23)11-14)32-21-16(20(24)30)4-3-8-25-21/h3-9,11-12H,1,10H2,2H3,(H2,24,30)(H,26,28). The quantitative estimate of drug-likeness (QED) is 0.418. The number of rotatable bonds is 8. The van der Waals surface area contributed by atoms with Gasteiger partial charge in [-0.2, -0.15) is 4.98 Å². The number of carbonyl (C=O) groups excluding carboxylic acids is 1. The molecular weight excluding hydrogens is 432 g/mol. The molecule has 0 saturated heterocycles. The Hall–Kier alpha value is -4.11. The van der Waals surface area contributed by atoms with Crippen molar-refractivity contribution in [3.8, 4) is 17.4 Å². The third-order valence-corrected chi connectivity index (χ3v) is 4.79. The molecule has 0 aliphatic heterocycles. The van der Waals surface area contributed by atoms with Crippen LogP contribution in [0.5, 0.6) is 17.4 Å². The van der Waals surface area contributed by atoms with E-state index in [0.29, 0.717) is 40.2 Å². The van der Waals surface area contributed by atoms with Gasteiger partial charge < -0.3 is 20.5 Å². The van der Waals surface area contributed by atoms with Crippen molar-refractivity contribution < 1.29 is 14.3 Å². The number of aromatic nitrogens is 4. The van der Waals surface area contributed by atoms with Crippen LogP contribution in [0.2, 0.25) is 5.02 Å². The summed E-state index contributed by atoms with van der Waals surface area (Å²) in [5.74, 6) is 0.924. The topological polar surface area (TPSA) is 117 Å². The number of nitrogens with zero attached hydrogens (tertiary/aromatic N) is 4. The minimum atomic E-state index is -0.637. The number of hydrogen-bond donors (Lipinski definition) is 2. The SMILES string of the molecule is C=C(Cc1ccc(Oc2ncccc2C(N)=O)c(Cl)c1)Nc1nc2cc(OC)ccn2n1. The van der Waals surface area contributed by atoms with Gasteiger partial charge in [-0.25, -0.2) is 9.50 Å². The summed E-state index contributed by atoms with van der Waals surface area (Å²) in [6.45, 7) is 4.04. The number of hydrogen-bond acceptors (Lipinski definition) is 7. The predicted octanol–water partition coefficient (Wildman–Crippen LogP) is 3.85. The van der Waals surface area contributed by atoms with Gasteiger partial charge in [0.05, 0.1) is 12.1 Å². The molecule has 3 aromatic heterocycles. The van der Waals surface area contributed by atoms with E-state index in [1.807, 2.05) is 6.07 Å². The van der Waals surface area contributed by atoms with Crippen LogP contribution in [0.3, 0.4) is 0 Å². The lowest BCUT2D eigenvalue weighted by Crippen LogP contribution is -2.12. The number of amides is 1. The van der Waals surface area contributed by atoms with Crippen LogP contribution in [-0.2, 0) is 6.42 Å². The molecular formula is C22H19ClN6O3. The number of pyridine rings is 2. The number of ether oxygens (including phenoxy) is 2. The highest BCUT2D eigenvalue weighted by atomic mass is 35.5. The Bertz CT molecular complexity index is 1320. The maximum absolute atomic E-state index is 11.5. The van der Waals surface area contributed by atoms with Crippen LogP contribution in [0.15, 0.2) is 67.1 Å². The van der Waals surface area contributed by atoms with Crippen molar-refractivity contribution in [2.75, 3.05) is 12.4 Å². The van der Waals surface area contributed by atoms with Gasteiger partial charge in [0, 0.05) is 30.6 Å². The average molecular weight is 451 g/mol. The largest absolute Gasteiger partial charge is 0.497 e. The fourth-order valence-electron chi connectivity index (χ4n) is 2.99. The molecule has 162 valence electrons. The predicted molar refractivity (Wildman–Crippen MR) is 120 cm³/mol. The summed E-state index contributed by atoms with van der Waals surface area (Å²) in [4.78, 5) is 20.0. The van der Waals surface area contributed by atoms with Crippen molar-refractivity contribution in [3.63, 3.8) is 0 Å². The van der Waals surface area contributed by atoms with Crippen LogP contribution in [0.4, 0.5) is 5.95 Å². The van der Waals surface area contributed by atoms with E-state index in [0.717, 1.165) is 5.56 Å². The Kier molecular flexibility index (Phi) is 5.91. The van der Waals surface area contributed by atoms with Gasteiger partial charge in [-0.3, -0.25) is 4.79 Å². The van der Waals surface area contributed by atoms with E-state index < -0.39 is 5.91 Å². The van der Waals surface area contributed by atoms with E-state index in [9.17, 15) is 4.79 Å². The molecule has 3 N–H and O–H groups in total. The van der Waals surface area contributed by atoms with Crippen molar-refractivity contribution in [1.82, 2.24) is 19.6 Å². The number of fused-ring (bicyclic) bond motifs is 1. The van der Waals surface area contributed by atoms with Crippen LogP contribution < -0.4 is 20.5 Å². The lowest BCUT2D eigenvalue weighted by molar-refractivity contribution is 0.0997. The summed E-state index contributed by atoms with van der Waals surface area (Å²) >= 11 is 6.38. The molecule has 0 bridgehead atoms. The fourth-order valence-corrected chi connectivity index (χ4v) is 3.23. The zero-order chi connectivity index (χ0) is 22.7. The van der Waals surface area contributed by atoms with E-state index in [-0.39, 0.29) is 11.4 Å². The normalized spacial score (nSPS) is 10.7. The number of methoxy groups -OCH3 is 1. The first-order valence-corrected chi connectivity index (χ1v) is 9.87. The number of halogens is 1. The molecule has 0 atom stereocenters. The highest BCUT2D eigenvalue weighted by Crippen LogP contribution is 2.31. The zero-order valence-corrected chi connectivity index (χ0v) is 17.8. The molecule has 4 aromatic rings. The van der Waals surface area contributed by atoms with Gasteiger partial charge in [0.1, 0.15) is 17.1 Å². The molecule has 0 fully saturated rings. The maximum Gasteiger partial charge on any atom is 0.254 e. The Balaban J connectivity index is 1.44. The third kappa shape index (κ3) is 4.62. The van der Waals surface area contributed by atoms with E-state index in [1.54, 1.807) is 48.2 Å². The molecule has 32 heavy (non-hydrogen) atoms. The molecule has 10 heteroatoms. The van der Waals surface area contributed by atoms with Crippen LogP contribution in [0.1, 0.15) is 15.9 Å². The van der Waals surface area contributed by atoms with E-state index >= 15 is 0 Å². The summed E-state index contributed by atoms with van der Waals surface area (Å²) < 4.78 is 12.5. The molecule has 0 saturated carbocycles. The molecule has 0 unspecified atom stereocenters. The Labute approximate surface area is 188 Å². The molecule has 0 radical (unpaired) electrons. The van der Waals surface area contributed by atoms with Gasteiger partial charge in [0.25, 0.3) is 5.91 Å². The summed E-state index contributed by atoms with van der Waals surface area (Å²) in [6.07, 6.45) is 3.75. The van der Waals surface area contributed by atoms with E-state index in [4.69, 9.17) is 26.8 Å². The van der Waals surface area contributed by atoms with E-state index in [1.165, 1.54) is 12.3 Å². The molecule has 0 spiro atoms. The number of primary amides is 1. The Morgan fingerprint density at radius 1 is 1.28 bits per heavy atom. The highest BCUT2D eigenvalue weighted by Gasteiger charge is 2.13. The minimum absolute atomic E-state index is 0.0929. The molecule has 1 amide bonds. The lowest BCUT2D eigenvalue weighted by atomic mass is 10.1. The van der Waals surface area contributed by atoms with Crippen molar-refractivity contribution in [2.24, 2.45) is 5.73 Å². The highest BCUT2D eigenvalue weighted by molar-refractivity contribution is 6.32. The number of carbonyl (C=O) groups is 1. The van der Waals surface area contributed by atoms with Gasteiger partial charge in [0.2, 0.25) is 11.8 Å². The summed E-state index contributed by atoms with van der Waals surface area (Å²) in [6, 6.07) is 12.0. The molecule has 4 rings (SSSR count). The summed E-state index contributed by atoms with van der Waals surface area (Å²) in [5.41, 5.74) is 7.75. The number of anilines is 1. The fraction of sp³-hybridized carbons (Fsp3) is 0.0909. The Morgan fingerprint density at radius 2 is 2.12 bits per heavy atom. The van der Waals surface area contributed by atoms with E-state index in [2.05, 4.69) is 27.0 Å². The second kappa shape index (κ2) is 8.94. The van der Waals surface area contributed by atoms with Crippen molar-refractivity contribution in [3.05, 3.63) is 83.3 Å². The van der Waals surface area contributed by atoms with Gasteiger partial charge in [-0.1, -0.05) is 24.2 Å². The molecule has 9 nitrogen and oxygen atoms in total. The number of nitrogens with two attached hydrogens (primary N) is 1. The monoisotopic (exact) mass is 450 g/mol. The minimum Gasteiger partial charge on any atom is -0.497 e. The van der Waals surface area contributed by atoms with Crippen molar-refractivity contribution in [2.45, 2.75) is 6.42 Å². The lowest BCUT2D eigenvalue weighted by Gasteiger charge is -2.11. The Morgan fingerprint density at radius 3 is 2.88 bits per heavy atom. The van der Waals surface area contributed by atoms with Gasteiger partial charge in [-0.05, 0) is 35.9 Å². The number of allylic oxidation sites excluding steroid dienone is 1. The first-order chi connectivity index (χ1) is 15.4. The third-order valence-electron chi connectivity index (χ3n) is 4.49. The first-order valence-electron chi connectivity index (χ1n) is 9.49. The van der Waals surface area contributed by atoms with Gasteiger partial charge >= 0.3 is 0 Å². The molecule has 0 aliphatic carbocycles. The molecule has 0 aliphatic rings. The second-order valence-corrected chi connectivity index (χ2v) is 7.20. The molecule has 3 heterocycles. The zero-order valence-electron chi connectivity index (χ0n) is 17.1. The van der Waals surface area contributed by atoms with Crippen molar-refractivity contribution >= 4 is 29.1 Å². The van der Waals surface area contributed by atoms with Crippen LogP contribution in [0.25, 0.3) is 5.65 Å². The first kappa shape index (κ1) is 21.1. The van der Waals surface area contributed by atoms with Crippen molar-refractivity contribution in [1.29, 1.82) is 0 Å². The van der Waals surface area contributed by atoms with Gasteiger partial charge in [0.15, 0.2) is 5.65 Å². The van der Waals surface area contributed by atoms with Crippen LogP contribution in [0, 0.1) is 0 Å². The number of nitrogens with one attached hydrogen (secondary N) is 1. The van der Waals surface area contributed by atoms with Crippen LogP contribution >= 0.6 is 11.6 Å². The second-order valence-electron chi connectivity index (χ2n) is 6.80. The summed E-state index contributed by atoms with van der Waals surface area (Å²) in [7, 11) is 1.59. The molecule has 1 aromatic carbocycles. The van der Waals surface area contributed by atoms with Crippen LogP contribution in [-0.4, -0.2) is 32.6 Å². The smallest absolute Gasteiger partial charge is 0.254 e. The summed E-state index contributed by atoms with van der Waals surface area (Å²) in [5, 5.41) is 7.81.